The van der Waals surface area contributed by atoms with Crippen molar-refractivity contribution in [2.45, 2.75) is 25.5 Å². The molecule has 1 amide bonds. The molecule has 20 heavy (non-hydrogen) atoms. The van der Waals surface area contributed by atoms with Crippen LogP contribution >= 0.6 is 11.8 Å². The molecule has 1 aliphatic heterocycles. The Hall–Kier alpha value is -2.06. The number of nitrogens with zero attached hydrogens (tertiary/aromatic N) is 1. The number of nitrogens with one attached hydrogen (secondary N) is 1. The molecule has 0 bridgehead atoms. The van der Waals surface area contributed by atoms with Crippen LogP contribution in [0, 0.1) is 18.3 Å². The van der Waals surface area contributed by atoms with E-state index in [-0.39, 0.29) is 22.5 Å². The van der Waals surface area contributed by atoms with E-state index in [0.717, 1.165) is 11.1 Å². The summed E-state index contributed by atoms with van der Waals surface area (Å²) in [6.07, 6.45) is 0.587. The highest BCUT2D eigenvalue weighted by molar-refractivity contribution is 8.04. The van der Waals surface area contributed by atoms with Gasteiger partial charge in [0, 0.05) is 0 Å². The Kier molecular flexibility index (Phi) is 4.26. The van der Waals surface area contributed by atoms with Gasteiger partial charge >= 0.3 is 0 Å². The maximum absolute atomic E-state index is 12.0. The third-order valence-corrected chi connectivity index (χ3v) is 4.35. The molecule has 0 aromatic heterocycles. The number of nitriles is 1. The monoisotopic (exact) mass is 286 g/mol. The first kappa shape index (κ1) is 14.4. The normalized spacial score (nSPS) is 20.2. The van der Waals surface area contributed by atoms with Gasteiger partial charge in [-0.15, -0.1) is 0 Å². The molecule has 1 unspecified atom stereocenters. The second kappa shape index (κ2) is 5.93. The molecule has 1 atom stereocenters. The standard InChI is InChI=1S/C15H14N2O2S/c1-9-5-3-4-6-11(9)7-13-14(19)17-15(20-13)12(8-16)10(2)18/h3-6,13H,7H2,1-2H3,(H,17,19)/b15-12-. The lowest BCUT2D eigenvalue weighted by molar-refractivity contribution is -0.119. The van der Waals surface area contributed by atoms with E-state index >= 15 is 0 Å². The van der Waals surface area contributed by atoms with Gasteiger partial charge in [0.05, 0.1) is 10.3 Å². The molecule has 1 heterocycles. The lowest BCUT2D eigenvalue weighted by Crippen LogP contribution is -2.24. The molecule has 2 rings (SSSR count). The van der Waals surface area contributed by atoms with E-state index in [0.29, 0.717) is 11.4 Å². The Balaban J connectivity index is 2.21. The Morgan fingerprint density at radius 1 is 1.45 bits per heavy atom. The Labute approximate surface area is 121 Å². The van der Waals surface area contributed by atoms with Gasteiger partial charge in [-0.05, 0) is 31.4 Å². The summed E-state index contributed by atoms with van der Waals surface area (Å²) in [7, 11) is 0. The number of hydrogen-bond acceptors (Lipinski definition) is 4. The van der Waals surface area contributed by atoms with Crippen LogP contribution in [-0.2, 0) is 16.0 Å². The summed E-state index contributed by atoms with van der Waals surface area (Å²) in [4.78, 5) is 23.3. The van der Waals surface area contributed by atoms with Crippen LogP contribution in [0.5, 0.6) is 0 Å². The summed E-state index contributed by atoms with van der Waals surface area (Å²) >= 11 is 1.26. The number of amides is 1. The van der Waals surface area contributed by atoms with Crippen LogP contribution in [-0.4, -0.2) is 16.9 Å². The van der Waals surface area contributed by atoms with Crippen LogP contribution in [0.25, 0.3) is 0 Å². The number of carbonyl (C=O) groups is 2. The second-order valence-corrected chi connectivity index (χ2v) is 5.81. The van der Waals surface area contributed by atoms with E-state index in [1.54, 1.807) is 0 Å². The zero-order valence-electron chi connectivity index (χ0n) is 11.3. The van der Waals surface area contributed by atoms with Gasteiger partial charge in [0.15, 0.2) is 5.78 Å². The Morgan fingerprint density at radius 2 is 2.15 bits per heavy atom. The third kappa shape index (κ3) is 2.91. The highest BCUT2D eigenvalue weighted by atomic mass is 32.2. The highest BCUT2D eigenvalue weighted by Gasteiger charge is 2.32. The molecular weight excluding hydrogens is 272 g/mol. The molecule has 5 heteroatoms. The van der Waals surface area contributed by atoms with E-state index in [1.807, 2.05) is 37.3 Å². The minimum Gasteiger partial charge on any atom is -0.318 e. The smallest absolute Gasteiger partial charge is 0.238 e. The predicted octanol–water partition coefficient (Wildman–Crippen LogP) is 2.09. The summed E-state index contributed by atoms with van der Waals surface area (Å²) < 4.78 is 0. The summed E-state index contributed by atoms with van der Waals surface area (Å²) in [5.41, 5.74) is 2.25. The Bertz CT molecular complexity index is 644. The van der Waals surface area contributed by atoms with Crippen molar-refractivity contribution in [3.63, 3.8) is 0 Å². The molecule has 1 aliphatic rings. The summed E-state index contributed by atoms with van der Waals surface area (Å²) in [5.74, 6) is -0.478. The molecule has 4 nitrogen and oxygen atoms in total. The van der Waals surface area contributed by atoms with Crippen molar-refractivity contribution in [1.29, 1.82) is 5.26 Å². The van der Waals surface area contributed by atoms with E-state index in [2.05, 4.69) is 5.32 Å². The molecule has 1 aromatic rings. The largest absolute Gasteiger partial charge is 0.318 e. The molecular formula is C15H14N2O2S. The lowest BCUT2D eigenvalue weighted by Gasteiger charge is -2.08. The third-order valence-electron chi connectivity index (χ3n) is 3.15. The molecule has 102 valence electrons. The quantitative estimate of drug-likeness (QED) is 0.682. The number of thioether (sulfide) groups is 1. The maximum Gasteiger partial charge on any atom is 0.238 e. The molecule has 1 aromatic carbocycles. The molecule has 1 saturated heterocycles. The Morgan fingerprint density at radius 3 is 2.75 bits per heavy atom. The van der Waals surface area contributed by atoms with E-state index in [4.69, 9.17) is 5.26 Å². The van der Waals surface area contributed by atoms with Crippen molar-refractivity contribution in [3.05, 3.63) is 46.0 Å². The summed E-state index contributed by atoms with van der Waals surface area (Å²) in [6, 6.07) is 9.73. The van der Waals surface area contributed by atoms with Crippen molar-refractivity contribution in [1.82, 2.24) is 5.32 Å². The number of Topliss-reactive ketones (excluding diaryl/α,β-unsaturated/α-hetero) is 1. The van der Waals surface area contributed by atoms with Crippen LogP contribution in [0.2, 0.25) is 0 Å². The SMILES string of the molecule is CC(=O)/C(C#N)=C1/NC(=O)C(Cc2ccccc2C)S1. The number of aryl methyl sites for hydroxylation is 1. The zero-order valence-corrected chi connectivity index (χ0v) is 12.1. The van der Waals surface area contributed by atoms with Gasteiger partial charge in [-0.1, -0.05) is 36.0 Å². The van der Waals surface area contributed by atoms with Gasteiger partial charge in [-0.3, -0.25) is 9.59 Å². The molecule has 0 spiro atoms. The minimum atomic E-state index is -0.327. The number of rotatable bonds is 3. The fourth-order valence-corrected chi connectivity index (χ4v) is 3.18. The first-order valence-electron chi connectivity index (χ1n) is 6.20. The fourth-order valence-electron chi connectivity index (χ4n) is 2.00. The van der Waals surface area contributed by atoms with Gasteiger partial charge in [0.1, 0.15) is 11.6 Å². The van der Waals surface area contributed by atoms with Crippen molar-refractivity contribution < 1.29 is 9.59 Å². The van der Waals surface area contributed by atoms with Crippen molar-refractivity contribution >= 4 is 23.5 Å². The van der Waals surface area contributed by atoms with Gasteiger partial charge in [0.2, 0.25) is 5.91 Å². The number of ketones is 1. The van der Waals surface area contributed by atoms with Gasteiger partial charge in [-0.2, -0.15) is 5.26 Å². The van der Waals surface area contributed by atoms with E-state index < -0.39 is 0 Å². The molecule has 0 aliphatic carbocycles. The van der Waals surface area contributed by atoms with Gasteiger partial charge < -0.3 is 5.32 Å². The first-order chi connectivity index (χ1) is 9.52. The maximum atomic E-state index is 12.0. The van der Waals surface area contributed by atoms with Crippen LogP contribution in [0.3, 0.4) is 0 Å². The van der Waals surface area contributed by atoms with Crippen LogP contribution in [0.4, 0.5) is 0 Å². The summed E-state index contributed by atoms with van der Waals surface area (Å²) in [6.45, 7) is 3.33. The van der Waals surface area contributed by atoms with Crippen LogP contribution in [0.15, 0.2) is 34.9 Å². The number of hydrogen-bond donors (Lipinski definition) is 1. The molecule has 1 fully saturated rings. The fraction of sp³-hybridized carbons (Fsp3) is 0.267. The second-order valence-electron chi connectivity index (χ2n) is 4.60. The first-order valence-corrected chi connectivity index (χ1v) is 7.08. The van der Waals surface area contributed by atoms with E-state index in [1.165, 1.54) is 18.7 Å². The van der Waals surface area contributed by atoms with Crippen LogP contribution < -0.4 is 5.32 Å². The topological polar surface area (TPSA) is 70.0 Å². The zero-order chi connectivity index (χ0) is 14.7. The number of benzene rings is 1. The highest BCUT2D eigenvalue weighted by Crippen LogP contribution is 2.32. The minimum absolute atomic E-state index is 0.0237. The number of allylic oxidation sites excluding steroid dienone is 1. The average Bonchev–Trinajstić information content (AvgIpc) is 2.74. The van der Waals surface area contributed by atoms with Gasteiger partial charge in [-0.25, -0.2) is 0 Å². The lowest BCUT2D eigenvalue weighted by atomic mass is 10.0. The average molecular weight is 286 g/mol. The van der Waals surface area contributed by atoms with Crippen molar-refractivity contribution in [2.24, 2.45) is 0 Å². The number of carbonyl (C=O) groups excluding carboxylic acids is 2. The van der Waals surface area contributed by atoms with E-state index in [9.17, 15) is 9.59 Å². The summed E-state index contributed by atoms with van der Waals surface area (Å²) in [5, 5.41) is 11.7. The van der Waals surface area contributed by atoms with Crippen LogP contribution in [0.1, 0.15) is 18.1 Å². The predicted molar refractivity (Wildman–Crippen MR) is 77.7 cm³/mol. The molecule has 1 N–H and O–H groups in total. The molecule has 0 radical (unpaired) electrons. The van der Waals surface area contributed by atoms with Gasteiger partial charge in [0.25, 0.3) is 0 Å². The van der Waals surface area contributed by atoms with Crippen molar-refractivity contribution in [3.8, 4) is 6.07 Å². The molecule has 0 saturated carbocycles. The van der Waals surface area contributed by atoms with Crippen molar-refractivity contribution in [2.75, 3.05) is 0 Å².